The van der Waals surface area contributed by atoms with Gasteiger partial charge in [-0.3, -0.25) is 4.79 Å². The summed E-state index contributed by atoms with van der Waals surface area (Å²) in [5.74, 6) is -0.162. The highest BCUT2D eigenvalue weighted by molar-refractivity contribution is 7.89. The zero-order chi connectivity index (χ0) is 19.2. The van der Waals surface area contributed by atoms with E-state index in [4.69, 9.17) is 5.26 Å². The maximum absolute atomic E-state index is 12.1. The average molecular weight is 371 g/mol. The van der Waals surface area contributed by atoms with Gasteiger partial charge in [0.1, 0.15) is 0 Å². The Morgan fingerprint density at radius 1 is 1.08 bits per heavy atom. The fourth-order valence-electron chi connectivity index (χ4n) is 2.32. The number of amides is 1. The largest absolute Gasteiger partial charge is 0.326 e. The Hall–Kier alpha value is -2.69. The summed E-state index contributed by atoms with van der Waals surface area (Å²) in [6.45, 7) is 3.50. The summed E-state index contributed by atoms with van der Waals surface area (Å²) in [6.07, 6.45) is 0.850. The predicted octanol–water partition coefficient (Wildman–Crippen LogP) is 2.82. The molecule has 6 nitrogen and oxygen atoms in total. The normalized spacial score (nSPS) is 11.2. The maximum atomic E-state index is 12.1. The van der Waals surface area contributed by atoms with Gasteiger partial charge in [-0.25, -0.2) is 13.1 Å². The molecule has 0 unspecified atom stereocenters. The molecule has 0 saturated heterocycles. The lowest BCUT2D eigenvalue weighted by Crippen LogP contribution is -2.30. The molecule has 0 fully saturated rings. The SMILES string of the molecule is CC(C)NS(=O)(=O)c1ccc(NC(=O)CCc2ccc(C#N)cc2)cc1. The first-order valence-corrected chi connectivity index (χ1v) is 9.70. The summed E-state index contributed by atoms with van der Waals surface area (Å²) in [7, 11) is -3.54. The van der Waals surface area contributed by atoms with Crippen LogP contribution >= 0.6 is 0 Å². The van der Waals surface area contributed by atoms with Crippen LogP contribution in [0.5, 0.6) is 0 Å². The summed E-state index contributed by atoms with van der Waals surface area (Å²) >= 11 is 0. The number of hydrogen-bond acceptors (Lipinski definition) is 4. The van der Waals surface area contributed by atoms with Crippen LogP contribution in [0, 0.1) is 11.3 Å². The Bertz CT molecular complexity index is 897. The molecule has 0 aliphatic rings. The van der Waals surface area contributed by atoms with Gasteiger partial charge in [-0.15, -0.1) is 0 Å². The highest BCUT2D eigenvalue weighted by atomic mass is 32.2. The van der Waals surface area contributed by atoms with Gasteiger partial charge < -0.3 is 5.32 Å². The van der Waals surface area contributed by atoms with Gasteiger partial charge in [0.05, 0.1) is 16.5 Å². The smallest absolute Gasteiger partial charge is 0.240 e. The molecule has 0 aliphatic heterocycles. The zero-order valence-corrected chi connectivity index (χ0v) is 15.5. The van der Waals surface area contributed by atoms with Gasteiger partial charge in [-0.05, 0) is 62.2 Å². The highest BCUT2D eigenvalue weighted by Gasteiger charge is 2.15. The molecule has 0 aliphatic carbocycles. The zero-order valence-electron chi connectivity index (χ0n) is 14.7. The molecule has 1 amide bonds. The molecule has 0 heterocycles. The van der Waals surface area contributed by atoms with E-state index in [9.17, 15) is 13.2 Å². The van der Waals surface area contributed by atoms with E-state index in [1.54, 1.807) is 38.1 Å². The Morgan fingerprint density at radius 3 is 2.23 bits per heavy atom. The molecule has 7 heteroatoms. The number of benzene rings is 2. The van der Waals surface area contributed by atoms with Gasteiger partial charge in [-0.1, -0.05) is 12.1 Å². The number of nitriles is 1. The third-order valence-corrected chi connectivity index (χ3v) is 5.24. The lowest BCUT2D eigenvalue weighted by atomic mass is 10.1. The maximum Gasteiger partial charge on any atom is 0.240 e. The first-order chi connectivity index (χ1) is 12.3. The van der Waals surface area contributed by atoms with Crippen LogP contribution in [0.1, 0.15) is 31.4 Å². The van der Waals surface area contributed by atoms with Gasteiger partial charge in [0.15, 0.2) is 0 Å². The summed E-state index contributed by atoms with van der Waals surface area (Å²) < 4.78 is 26.6. The lowest BCUT2D eigenvalue weighted by Gasteiger charge is -2.10. The number of sulfonamides is 1. The number of carbonyl (C=O) groups excluding carboxylic acids is 1. The molecule has 0 saturated carbocycles. The van der Waals surface area contributed by atoms with Gasteiger partial charge in [0, 0.05) is 18.2 Å². The summed E-state index contributed by atoms with van der Waals surface area (Å²) in [5.41, 5.74) is 2.10. The molecule has 2 rings (SSSR count). The molecule has 26 heavy (non-hydrogen) atoms. The first kappa shape index (κ1) is 19.6. The van der Waals surface area contributed by atoms with Crippen LogP contribution < -0.4 is 10.0 Å². The Kier molecular flexibility index (Phi) is 6.50. The highest BCUT2D eigenvalue weighted by Crippen LogP contribution is 2.15. The van der Waals surface area contributed by atoms with Crippen molar-refractivity contribution in [2.45, 2.75) is 37.6 Å². The monoisotopic (exact) mass is 371 g/mol. The number of carbonyl (C=O) groups is 1. The van der Waals surface area contributed by atoms with Crippen molar-refractivity contribution in [2.75, 3.05) is 5.32 Å². The van der Waals surface area contributed by atoms with Crippen molar-refractivity contribution in [1.29, 1.82) is 5.26 Å². The minimum atomic E-state index is -3.54. The standard InChI is InChI=1S/C19H21N3O3S/c1-14(2)22-26(24,25)18-10-8-17(9-11-18)21-19(23)12-7-15-3-5-16(13-20)6-4-15/h3-6,8-11,14,22H,7,12H2,1-2H3,(H,21,23). The Balaban J connectivity index is 1.91. The van der Waals surface area contributed by atoms with Crippen molar-refractivity contribution < 1.29 is 13.2 Å². The van der Waals surface area contributed by atoms with Crippen molar-refractivity contribution in [3.8, 4) is 6.07 Å². The second kappa shape index (κ2) is 8.61. The summed E-state index contributed by atoms with van der Waals surface area (Å²) in [6, 6.07) is 15.0. The fourth-order valence-corrected chi connectivity index (χ4v) is 3.57. The van der Waals surface area contributed by atoms with Crippen LogP contribution in [0.3, 0.4) is 0 Å². The minimum Gasteiger partial charge on any atom is -0.326 e. The van der Waals surface area contributed by atoms with E-state index in [-0.39, 0.29) is 16.8 Å². The molecule has 0 spiro atoms. The van der Waals surface area contributed by atoms with Crippen molar-refractivity contribution in [3.05, 3.63) is 59.7 Å². The van der Waals surface area contributed by atoms with Crippen LogP contribution in [0.15, 0.2) is 53.4 Å². The van der Waals surface area contributed by atoms with Gasteiger partial charge in [-0.2, -0.15) is 5.26 Å². The topological polar surface area (TPSA) is 99.1 Å². The lowest BCUT2D eigenvalue weighted by molar-refractivity contribution is -0.116. The molecular weight excluding hydrogens is 350 g/mol. The molecule has 2 aromatic carbocycles. The van der Waals surface area contributed by atoms with Crippen LogP contribution in [-0.4, -0.2) is 20.4 Å². The summed E-state index contributed by atoms with van der Waals surface area (Å²) in [4.78, 5) is 12.2. The number of hydrogen-bond donors (Lipinski definition) is 2. The molecule has 0 radical (unpaired) electrons. The van der Waals surface area contributed by atoms with Crippen molar-refractivity contribution in [3.63, 3.8) is 0 Å². The van der Waals surface area contributed by atoms with E-state index in [1.807, 2.05) is 12.1 Å². The quantitative estimate of drug-likeness (QED) is 0.782. The van der Waals surface area contributed by atoms with Crippen LogP contribution in [-0.2, 0) is 21.2 Å². The van der Waals surface area contributed by atoms with Crippen LogP contribution in [0.2, 0.25) is 0 Å². The van der Waals surface area contributed by atoms with E-state index in [0.717, 1.165) is 5.56 Å². The fraction of sp³-hybridized carbons (Fsp3) is 0.263. The van der Waals surface area contributed by atoms with Crippen molar-refractivity contribution in [1.82, 2.24) is 4.72 Å². The summed E-state index contributed by atoms with van der Waals surface area (Å²) in [5, 5.41) is 11.5. The van der Waals surface area contributed by atoms with Gasteiger partial charge >= 0.3 is 0 Å². The third kappa shape index (κ3) is 5.69. The van der Waals surface area contributed by atoms with E-state index in [1.165, 1.54) is 12.1 Å². The number of rotatable bonds is 7. The van der Waals surface area contributed by atoms with Crippen LogP contribution in [0.25, 0.3) is 0 Å². The third-order valence-electron chi connectivity index (χ3n) is 3.56. The Morgan fingerprint density at radius 2 is 1.69 bits per heavy atom. The predicted molar refractivity (Wildman–Crippen MR) is 100 cm³/mol. The minimum absolute atomic E-state index is 0.154. The van der Waals surface area contributed by atoms with Crippen molar-refractivity contribution >= 4 is 21.6 Å². The molecule has 0 aromatic heterocycles. The second-order valence-electron chi connectivity index (χ2n) is 6.16. The molecule has 0 atom stereocenters. The van der Waals surface area contributed by atoms with E-state index < -0.39 is 10.0 Å². The molecule has 136 valence electrons. The van der Waals surface area contributed by atoms with E-state index in [0.29, 0.717) is 24.1 Å². The number of nitrogens with one attached hydrogen (secondary N) is 2. The van der Waals surface area contributed by atoms with Gasteiger partial charge in [0.25, 0.3) is 0 Å². The molecule has 2 N–H and O–H groups in total. The Labute approximate surface area is 153 Å². The van der Waals surface area contributed by atoms with Gasteiger partial charge in [0.2, 0.25) is 15.9 Å². The second-order valence-corrected chi connectivity index (χ2v) is 7.87. The number of nitrogens with zero attached hydrogens (tertiary/aromatic N) is 1. The van der Waals surface area contributed by atoms with Crippen LogP contribution in [0.4, 0.5) is 5.69 Å². The first-order valence-electron chi connectivity index (χ1n) is 8.21. The number of anilines is 1. The van der Waals surface area contributed by atoms with Crippen molar-refractivity contribution in [2.24, 2.45) is 0 Å². The average Bonchev–Trinajstić information content (AvgIpc) is 2.60. The van der Waals surface area contributed by atoms with E-state index in [2.05, 4.69) is 16.1 Å². The molecular formula is C19H21N3O3S. The molecule has 2 aromatic rings. The number of aryl methyl sites for hydroxylation is 1. The van der Waals surface area contributed by atoms with E-state index >= 15 is 0 Å². The molecule has 0 bridgehead atoms.